The standard InChI is InChI=1S/C9H9ClINO2/c10-8-5-6(11)1-2-7(8)9(14)12-3-4-13/h1-2,5,13H,3-4H2,(H,12,14). The summed E-state index contributed by atoms with van der Waals surface area (Å²) in [5.74, 6) is -0.263. The number of carbonyl (C=O) groups is 1. The summed E-state index contributed by atoms with van der Waals surface area (Å²) in [6.45, 7) is 0.162. The second-order valence-corrected chi connectivity index (χ2v) is 4.26. The molecule has 14 heavy (non-hydrogen) atoms. The second-order valence-electron chi connectivity index (χ2n) is 2.60. The van der Waals surface area contributed by atoms with Crippen LogP contribution in [-0.2, 0) is 0 Å². The van der Waals surface area contributed by atoms with E-state index in [1.54, 1.807) is 18.2 Å². The van der Waals surface area contributed by atoms with Crippen molar-refractivity contribution in [3.8, 4) is 0 Å². The first-order valence-electron chi connectivity index (χ1n) is 3.99. The molecule has 5 heteroatoms. The fraction of sp³-hybridized carbons (Fsp3) is 0.222. The highest BCUT2D eigenvalue weighted by atomic mass is 127. The van der Waals surface area contributed by atoms with Gasteiger partial charge in [-0.1, -0.05) is 11.6 Å². The van der Waals surface area contributed by atoms with Gasteiger partial charge in [-0.2, -0.15) is 0 Å². The summed E-state index contributed by atoms with van der Waals surface area (Å²) in [6.07, 6.45) is 0. The summed E-state index contributed by atoms with van der Waals surface area (Å²) in [6, 6.07) is 5.19. The van der Waals surface area contributed by atoms with Crippen molar-refractivity contribution >= 4 is 40.1 Å². The molecule has 0 saturated heterocycles. The Morgan fingerprint density at radius 3 is 2.86 bits per heavy atom. The van der Waals surface area contributed by atoms with E-state index in [1.165, 1.54) is 0 Å². The lowest BCUT2D eigenvalue weighted by Crippen LogP contribution is -2.26. The molecule has 0 heterocycles. The van der Waals surface area contributed by atoms with E-state index in [1.807, 2.05) is 0 Å². The fourth-order valence-corrected chi connectivity index (χ4v) is 1.88. The van der Waals surface area contributed by atoms with Crippen LogP contribution < -0.4 is 5.32 Å². The Hall–Kier alpha value is -0.330. The van der Waals surface area contributed by atoms with Gasteiger partial charge in [0.15, 0.2) is 0 Å². The average Bonchev–Trinajstić information content (AvgIpc) is 2.14. The summed E-state index contributed by atoms with van der Waals surface area (Å²) in [7, 11) is 0. The molecule has 0 aliphatic carbocycles. The van der Waals surface area contributed by atoms with Crippen LogP contribution >= 0.6 is 34.2 Å². The molecule has 0 unspecified atom stereocenters. The van der Waals surface area contributed by atoms with Gasteiger partial charge in [-0.3, -0.25) is 4.79 Å². The lowest BCUT2D eigenvalue weighted by atomic mass is 10.2. The van der Waals surface area contributed by atoms with Gasteiger partial charge < -0.3 is 10.4 Å². The molecule has 0 aromatic heterocycles. The van der Waals surface area contributed by atoms with E-state index in [0.717, 1.165) is 3.57 Å². The quantitative estimate of drug-likeness (QED) is 0.831. The van der Waals surface area contributed by atoms with E-state index < -0.39 is 0 Å². The Bertz CT molecular complexity index is 344. The molecule has 2 N–H and O–H groups in total. The Morgan fingerprint density at radius 2 is 2.29 bits per heavy atom. The number of aliphatic hydroxyl groups excluding tert-OH is 1. The number of halogens is 2. The van der Waals surface area contributed by atoms with E-state index in [9.17, 15) is 4.79 Å². The number of amides is 1. The molecule has 0 spiro atoms. The third kappa shape index (κ3) is 3.11. The number of hydrogen-bond donors (Lipinski definition) is 2. The molecule has 3 nitrogen and oxygen atoms in total. The lowest BCUT2D eigenvalue weighted by Gasteiger charge is -2.05. The van der Waals surface area contributed by atoms with E-state index in [2.05, 4.69) is 27.9 Å². The molecule has 0 radical (unpaired) electrons. The number of rotatable bonds is 3. The molecular weight excluding hydrogens is 316 g/mol. The third-order valence-corrected chi connectivity index (χ3v) is 2.56. The monoisotopic (exact) mass is 325 g/mol. The van der Waals surface area contributed by atoms with Crippen LogP contribution in [0.1, 0.15) is 10.4 Å². The average molecular weight is 326 g/mol. The minimum atomic E-state index is -0.263. The van der Waals surface area contributed by atoms with Crippen LogP contribution in [0.15, 0.2) is 18.2 Å². The highest BCUT2D eigenvalue weighted by Crippen LogP contribution is 2.18. The van der Waals surface area contributed by atoms with Crippen LogP contribution in [0.4, 0.5) is 0 Å². The zero-order valence-corrected chi connectivity index (χ0v) is 10.2. The van der Waals surface area contributed by atoms with Gasteiger partial charge in [0, 0.05) is 10.1 Å². The van der Waals surface area contributed by atoms with Crippen LogP contribution in [-0.4, -0.2) is 24.2 Å². The van der Waals surface area contributed by atoms with Crippen molar-refractivity contribution in [2.75, 3.05) is 13.2 Å². The minimum Gasteiger partial charge on any atom is -0.395 e. The molecule has 1 aromatic carbocycles. The van der Waals surface area contributed by atoms with E-state index in [4.69, 9.17) is 16.7 Å². The van der Waals surface area contributed by atoms with Gasteiger partial charge in [0.2, 0.25) is 0 Å². The number of benzene rings is 1. The molecule has 0 aliphatic rings. The van der Waals surface area contributed by atoms with E-state index >= 15 is 0 Å². The largest absolute Gasteiger partial charge is 0.395 e. The van der Waals surface area contributed by atoms with Crippen LogP contribution in [0, 0.1) is 3.57 Å². The number of carbonyl (C=O) groups excluding carboxylic acids is 1. The Labute approximate surface area is 101 Å². The predicted molar refractivity (Wildman–Crippen MR) is 63.6 cm³/mol. The van der Waals surface area contributed by atoms with Crippen molar-refractivity contribution in [2.45, 2.75) is 0 Å². The molecule has 0 bridgehead atoms. The summed E-state index contributed by atoms with van der Waals surface area (Å²) >= 11 is 7.99. The van der Waals surface area contributed by atoms with Crippen molar-refractivity contribution < 1.29 is 9.90 Å². The Balaban J connectivity index is 2.80. The van der Waals surface area contributed by atoms with Crippen molar-refractivity contribution in [1.82, 2.24) is 5.32 Å². The van der Waals surface area contributed by atoms with Crippen molar-refractivity contribution in [2.24, 2.45) is 0 Å². The van der Waals surface area contributed by atoms with Crippen LogP contribution in [0.25, 0.3) is 0 Å². The normalized spacial score (nSPS) is 9.93. The fourth-order valence-electron chi connectivity index (χ4n) is 0.938. The second kappa shape index (κ2) is 5.53. The maximum absolute atomic E-state index is 11.4. The first-order valence-corrected chi connectivity index (χ1v) is 5.45. The zero-order valence-electron chi connectivity index (χ0n) is 7.26. The zero-order chi connectivity index (χ0) is 10.6. The maximum Gasteiger partial charge on any atom is 0.252 e. The van der Waals surface area contributed by atoms with Gasteiger partial charge in [0.25, 0.3) is 5.91 Å². The van der Waals surface area contributed by atoms with Crippen LogP contribution in [0.2, 0.25) is 5.02 Å². The number of aliphatic hydroxyl groups is 1. The molecule has 1 amide bonds. The summed E-state index contributed by atoms with van der Waals surface area (Å²) < 4.78 is 0.978. The SMILES string of the molecule is O=C(NCCO)c1ccc(I)cc1Cl. The topological polar surface area (TPSA) is 49.3 Å². The molecule has 0 aliphatic heterocycles. The summed E-state index contributed by atoms with van der Waals surface area (Å²) in [5.41, 5.74) is 0.431. The Morgan fingerprint density at radius 1 is 1.57 bits per heavy atom. The van der Waals surface area contributed by atoms with Gasteiger partial charge in [-0.25, -0.2) is 0 Å². The molecule has 1 rings (SSSR count). The van der Waals surface area contributed by atoms with Crippen molar-refractivity contribution in [3.05, 3.63) is 32.4 Å². The maximum atomic E-state index is 11.4. The van der Waals surface area contributed by atoms with Crippen LogP contribution in [0.3, 0.4) is 0 Å². The molecular formula is C9H9ClINO2. The first kappa shape index (κ1) is 11.7. The number of nitrogens with one attached hydrogen (secondary N) is 1. The van der Waals surface area contributed by atoms with Crippen molar-refractivity contribution in [3.63, 3.8) is 0 Å². The van der Waals surface area contributed by atoms with Gasteiger partial charge in [-0.15, -0.1) is 0 Å². The summed E-state index contributed by atoms with van der Waals surface area (Å²) in [4.78, 5) is 11.4. The predicted octanol–water partition coefficient (Wildman–Crippen LogP) is 1.67. The third-order valence-electron chi connectivity index (χ3n) is 1.57. The minimum absolute atomic E-state index is 0.0757. The van der Waals surface area contributed by atoms with Crippen LogP contribution in [0.5, 0.6) is 0 Å². The first-order chi connectivity index (χ1) is 6.65. The van der Waals surface area contributed by atoms with Gasteiger partial charge in [0.1, 0.15) is 0 Å². The summed E-state index contributed by atoms with van der Waals surface area (Å²) in [5, 5.41) is 11.5. The molecule has 0 saturated carbocycles. The smallest absolute Gasteiger partial charge is 0.252 e. The van der Waals surface area contributed by atoms with E-state index in [-0.39, 0.29) is 19.1 Å². The van der Waals surface area contributed by atoms with Gasteiger partial charge >= 0.3 is 0 Å². The molecule has 0 atom stereocenters. The van der Waals surface area contributed by atoms with Crippen molar-refractivity contribution in [1.29, 1.82) is 0 Å². The Kier molecular flexibility index (Phi) is 4.64. The van der Waals surface area contributed by atoms with E-state index in [0.29, 0.717) is 10.6 Å². The molecule has 76 valence electrons. The number of hydrogen-bond acceptors (Lipinski definition) is 2. The lowest BCUT2D eigenvalue weighted by molar-refractivity contribution is 0.0945. The molecule has 0 fully saturated rings. The highest BCUT2D eigenvalue weighted by Gasteiger charge is 2.09. The highest BCUT2D eigenvalue weighted by molar-refractivity contribution is 14.1. The van der Waals surface area contributed by atoms with Gasteiger partial charge in [0.05, 0.1) is 17.2 Å². The van der Waals surface area contributed by atoms with Gasteiger partial charge in [-0.05, 0) is 40.8 Å². The molecule has 1 aromatic rings.